The van der Waals surface area contributed by atoms with Gasteiger partial charge in [0, 0.05) is 5.56 Å². The molecule has 82 valence electrons. The maximum Gasteiger partial charge on any atom is 0.161 e. The van der Waals surface area contributed by atoms with Gasteiger partial charge in [-0.25, -0.2) is 4.39 Å². The summed E-state index contributed by atoms with van der Waals surface area (Å²) in [6.07, 6.45) is 0. The lowest BCUT2D eigenvalue weighted by molar-refractivity contribution is 0.260. The highest BCUT2D eigenvalue weighted by Gasteiger charge is 2.06. The SMILES string of the molecule is COc1ccc(C(N)=S)cc1OCCF. The number of alkyl halides is 1. The van der Waals surface area contributed by atoms with E-state index in [0.717, 1.165) is 0 Å². The molecule has 2 N–H and O–H groups in total. The molecule has 0 radical (unpaired) electrons. The van der Waals surface area contributed by atoms with Crippen molar-refractivity contribution in [3.8, 4) is 11.5 Å². The molecule has 0 fully saturated rings. The third-order valence-electron chi connectivity index (χ3n) is 1.78. The highest BCUT2D eigenvalue weighted by Crippen LogP contribution is 2.27. The molecule has 0 atom stereocenters. The topological polar surface area (TPSA) is 44.5 Å². The van der Waals surface area contributed by atoms with Gasteiger partial charge in [0.05, 0.1) is 7.11 Å². The lowest BCUT2D eigenvalue weighted by Crippen LogP contribution is -2.10. The molecule has 0 bridgehead atoms. The van der Waals surface area contributed by atoms with Gasteiger partial charge in [-0.3, -0.25) is 0 Å². The van der Waals surface area contributed by atoms with Crippen molar-refractivity contribution < 1.29 is 13.9 Å². The second-order valence-corrected chi connectivity index (χ2v) is 3.21. The molecule has 1 aromatic rings. The van der Waals surface area contributed by atoms with Crippen LogP contribution in [0.4, 0.5) is 4.39 Å². The van der Waals surface area contributed by atoms with E-state index in [1.54, 1.807) is 18.2 Å². The Morgan fingerprint density at radius 3 is 2.73 bits per heavy atom. The van der Waals surface area contributed by atoms with Crippen molar-refractivity contribution in [2.75, 3.05) is 20.4 Å². The predicted molar refractivity (Wildman–Crippen MR) is 60.4 cm³/mol. The van der Waals surface area contributed by atoms with E-state index in [1.807, 2.05) is 0 Å². The highest BCUT2D eigenvalue weighted by molar-refractivity contribution is 7.80. The molecule has 3 nitrogen and oxygen atoms in total. The fourth-order valence-electron chi connectivity index (χ4n) is 1.09. The standard InChI is InChI=1S/C10H12FNO2S/c1-13-8-3-2-7(10(12)15)6-9(8)14-5-4-11/h2-3,6H,4-5H2,1H3,(H2,12,15). The Morgan fingerprint density at radius 1 is 1.47 bits per heavy atom. The largest absolute Gasteiger partial charge is 0.493 e. The molecule has 0 unspecified atom stereocenters. The molecule has 0 aromatic heterocycles. The molecule has 0 spiro atoms. The first-order valence-corrected chi connectivity index (χ1v) is 4.76. The lowest BCUT2D eigenvalue weighted by Gasteiger charge is -2.10. The molecule has 0 heterocycles. The smallest absolute Gasteiger partial charge is 0.161 e. The summed E-state index contributed by atoms with van der Waals surface area (Å²) in [7, 11) is 1.51. The molecule has 0 saturated carbocycles. The molecule has 0 aliphatic rings. The molecular weight excluding hydrogens is 217 g/mol. The van der Waals surface area contributed by atoms with Gasteiger partial charge in [-0.05, 0) is 18.2 Å². The van der Waals surface area contributed by atoms with Crippen LogP contribution in [0.1, 0.15) is 5.56 Å². The zero-order valence-electron chi connectivity index (χ0n) is 8.33. The van der Waals surface area contributed by atoms with Gasteiger partial charge in [0.25, 0.3) is 0 Å². The van der Waals surface area contributed by atoms with E-state index in [9.17, 15) is 4.39 Å². The van der Waals surface area contributed by atoms with Crippen LogP contribution in [-0.4, -0.2) is 25.4 Å². The van der Waals surface area contributed by atoms with Crippen molar-refractivity contribution in [1.29, 1.82) is 0 Å². The summed E-state index contributed by atoms with van der Waals surface area (Å²) in [5.41, 5.74) is 6.13. The van der Waals surface area contributed by atoms with Crippen LogP contribution in [-0.2, 0) is 0 Å². The molecular formula is C10H12FNO2S. The molecule has 0 amide bonds. The number of methoxy groups -OCH3 is 1. The fourth-order valence-corrected chi connectivity index (χ4v) is 1.22. The zero-order valence-corrected chi connectivity index (χ0v) is 9.14. The van der Waals surface area contributed by atoms with Gasteiger partial charge in [-0.2, -0.15) is 0 Å². The zero-order chi connectivity index (χ0) is 11.3. The summed E-state index contributed by atoms with van der Waals surface area (Å²) >= 11 is 4.82. The van der Waals surface area contributed by atoms with E-state index < -0.39 is 6.67 Å². The van der Waals surface area contributed by atoms with Crippen LogP contribution in [0.15, 0.2) is 18.2 Å². The number of hydrogen-bond donors (Lipinski definition) is 1. The van der Waals surface area contributed by atoms with Crippen molar-refractivity contribution in [3.63, 3.8) is 0 Å². The highest BCUT2D eigenvalue weighted by atomic mass is 32.1. The second-order valence-electron chi connectivity index (χ2n) is 2.77. The number of ether oxygens (including phenoxy) is 2. The Balaban J connectivity index is 2.96. The normalized spacial score (nSPS) is 9.73. The van der Waals surface area contributed by atoms with Crippen LogP contribution < -0.4 is 15.2 Å². The molecule has 0 aliphatic carbocycles. The Kier molecular flexibility index (Phi) is 4.30. The first-order valence-electron chi connectivity index (χ1n) is 4.35. The molecule has 5 heteroatoms. The predicted octanol–water partition coefficient (Wildman–Crippen LogP) is 1.68. The van der Waals surface area contributed by atoms with E-state index >= 15 is 0 Å². The minimum atomic E-state index is -0.555. The summed E-state index contributed by atoms with van der Waals surface area (Å²) in [6, 6.07) is 5.04. The van der Waals surface area contributed by atoms with Crippen LogP contribution >= 0.6 is 12.2 Å². The monoisotopic (exact) mass is 229 g/mol. The number of hydrogen-bond acceptors (Lipinski definition) is 3. The van der Waals surface area contributed by atoms with Crippen LogP contribution in [0.25, 0.3) is 0 Å². The Labute approximate surface area is 93.0 Å². The van der Waals surface area contributed by atoms with E-state index in [0.29, 0.717) is 17.1 Å². The number of nitrogens with two attached hydrogens (primary N) is 1. The van der Waals surface area contributed by atoms with E-state index in [2.05, 4.69) is 0 Å². The van der Waals surface area contributed by atoms with Crippen molar-refractivity contribution in [2.24, 2.45) is 5.73 Å². The summed E-state index contributed by atoms with van der Waals surface area (Å²) in [5.74, 6) is 0.976. The third kappa shape index (κ3) is 3.06. The number of benzene rings is 1. The fraction of sp³-hybridized carbons (Fsp3) is 0.300. The summed E-state index contributed by atoms with van der Waals surface area (Å²) in [6.45, 7) is -0.572. The summed E-state index contributed by atoms with van der Waals surface area (Å²) in [4.78, 5) is 0.266. The van der Waals surface area contributed by atoms with Crippen molar-refractivity contribution in [1.82, 2.24) is 0 Å². The van der Waals surface area contributed by atoms with Gasteiger partial charge in [0.1, 0.15) is 18.3 Å². The average molecular weight is 229 g/mol. The quantitative estimate of drug-likeness (QED) is 0.780. The lowest BCUT2D eigenvalue weighted by atomic mass is 10.2. The Bertz CT molecular complexity index is 357. The first kappa shape index (κ1) is 11.7. The van der Waals surface area contributed by atoms with Crippen LogP contribution in [0.5, 0.6) is 11.5 Å². The van der Waals surface area contributed by atoms with Gasteiger partial charge < -0.3 is 15.2 Å². The van der Waals surface area contributed by atoms with Crippen LogP contribution in [0, 0.1) is 0 Å². The molecule has 1 rings (SSSR count). The summed E-state index contributed by atoms with van der Waals surface area (Å²) in [5, 5.41) is 0. The molecule has 15 heavy (non-hydrogen) atoms. The average Bonchev–Trinajstić information content (AvgIpc) is 2.25. The van der Waals surface area contributed by atoms with Crippen LogP contribution in [0.2, 0.25) is 0 Å². The number of halogens is 1. The minimum Gasteiger partial charge on any atom is -0.493 e. The van der Waals surface area contributed by atoms with E-state index in [4.69, 9.17) is 27.4 Å². The third-order valence-corrected chi connectivity index (χ3v) is 2.02. The Morgan fingerprint density at radius 2 is 2.20 bits per heavy atom. The van der Waals surface area contributed by atoms with Crippen molar-refractivity contribution >= 4 is 17.2 Å². The van der Waals surface area contributed by atoms with Gasteiger partial charge in [-0.15, -0.1) is 0 Å². The van der Waals surface area contributed by atoms with Crippen molar-refractivity contribution in [3.05, 3.63) is 23.8 Å². The molecule has 0 saturated heterocycles. The van der Waals surface area contributed by atoms with Gasteiger partial charge in [-0.1, -0.05) is 12.2 Å². The number of rotatable bonds is 5. The number of thiocarbonyl (C=S) groups is 1. The maximum absolute atomic E-state index is 12.0. The maximum atomic E-state index is 12.0. The molecule has 0 aliphatic heterocycles. The Hall–Kier alpha value is -1.36. The van der Waals surface area contributed by atoms with Gasteiger partial charge >= 0.3 is 0 Å². The van der Waals surface area contributed by atoms with E-state index in [-0.39, 0.29) is 11.6 Å². The molecule has 1 aromatic carbocycles. The van der Waals surface area contributed by atoms with Crippen molar-refractivity contribution in [2.45, 2.75) is 0 Å². The van der Waals surface area contributed by atoms with Gasteiger partial charge in [0.2, 0.25) is 0 Å². The second kappa shape index (κ2) is 5.50. The van der Waals surface area contributed by atoms with E-state index in [1.165, 1.54) is 7.11 Å². The summed E-state index contributed by atoms with van der Waals surface area (Å²) < 4.78 is 22.2. The minimum absolute atomic E-state index is 0.0167. The van der Waals surface area contributed by atoms with Gasteiger partial charge in [0.15, 0.2) is 11.5 Å². The first-order chi connectivity index (χ1) is 7.19. The van der Waals surface area contributed by atoms with Crippen LogP contribution in [0.3, 0.4) is 0 Å².